The highest BCUT2D eigenvalue weighted by Gasteiger charge is 2.12. The Morgan fingerprint density at radius 2 is 2.20 bits per heavy atom. The third kappa shape index (κ3) is 3.06. The Morgan fingerprint density at radius 3 is 2.87 bits per heavy atom. The minimum atomic E-state index is 0.276. The number of rotatable bonds is 3. The van der Waals surface area contributed by atoms with E-state index in [2.05, 4.69) is 15.3 Å². The number of aromatic nitrogens is 2. The SMILES string of the molecule is Nc1ncc(OCC2CCCCN2)cn1. The van der Waals surface area contributed by atoms with Crippen molar-refractivity contribution in [3.63, 3.8) is 0 Å². The van der Waals surface area contributed by atoms with E-state index in [4.69, 9.17) is 10.5 Å². The van der Waals surface area contributed by atoms with Gasteiger partial charge in [-0.1, -0.05) is 6.42 Å². The molecule has 2 rings (SSSR count). The Kier molecular flexibility index (Phi) is 3.34. The third-order valence-corrected chi connectivity index (χ3v) is 2.51. The van der Waals surface area contributed by atoms with Crippen LogP contribution in [0.3, 0.4) is 0 Å². The second-order valence-electron chi connectivity index (χ2n) is 3.73. The predicted molar refractivity (Wildman–Crippen MR) is 57.6 cm³/mol. The molecule has 2 heterocycles. The van der Waals surface area contributed by atoms with Gasteiger partial charge in [-0.05, 0) is 19.4 Å². The number of nitrogens with one attached hydrogen (secondary N) is 1. The van der Waals surface area contributed by atoms with Gasteiger partial charge in [-0.2, -0.15) is 0 Å². The molecule has 3 N–H and O–H groups in total. The molecule has 0 amide bonds. The van der Waals surface area contributed by atoms with E-state index in [0.29, 0.717) is 18.4 Å². The molecule has 0 saturated carbocycles. The Morgan fingerprint density at radius 1 is 1.40 bits per heavy atom. The molecule has 82 valence electrons. The highest BCUT2D eigenvalue weighted by atomic mass is 16.5. The van der Waals surface area contributed by atoms with E-state index >= 15 is 0 Å². The average molecular weight is 208 g/mol. The van der Waals surface area contributed by atoms with Gasteiger partial charge in [0.05, 0.1) is 12.4 Å². The average Bonchev–Trinajstić information content (AvgIpc) is 2.30. The normalized spacial score (nSPS) is 21.2. The van der Waals surface area contributed by atoms with Gasteiger partial charge in [0.1, 0.15) is 6.61 Å². The van der Waals surface area contributed by atoms with Crippen molar-refractivity contribution >= 4 is 5.95 Å². The van der Waals surface area contributed by atoms with Crippen molar-refractivity contribution in [1.82, 2.24) is 15.3 Å². The lowest BCUT2D eigenvalue weighted by Gasteiger charge is -2.23. The van der Waals surface area contributed by atoms with Crippen LogP contribution in [0.15, 0.2) is 12.4 Å². The molecule has 0 spiro atoms. The van der Waals surface area contributed by atoms with Crippen molar-refractivity contribution in [2.45, 2.75) is 25.3 Å². The van der Waals surface area contributed by atoms with Crippen molar-refractivity contribution in [1.29, 1.82) is 0 Å². The minimum absolute atomic E-state index is 0.276. The summed E-state index contributed by atoms with van der Waals surface area (Å²) in [6, 6.07) is 0.455. The second-order valence-corrected chi connectivity index (χ2v) is 3.73. The monoisotopic (exact) mass is 208 g/mol. The lowest BCUT2D eigenvalue weighted by molar-refractivity contribution is 0.238. The number of hydrogen-bond donors (Lipinski definition) is 2. The van der Waals surface area contributed by atoms with Gasteiger partial charge in [0.2, 0.25) is 5.95 Å². The van der Waals surface area contributed by atoms with Crippen LogP contribution in [0.1, 0.15) is 19.3 Å². The van der Waals surface area contributed by atoms with Crippen molar-refractivity contribution in [3.05, 3.63) is 12.4 Å². The zero-order valence-electron chi connectivity index (χ0n) is 8.65. The van der Waals surface area contributed by atoms with Crippen LogP contribution in [0, 0.1) is 0 Å². The first-order valence-corrected chi connectivity index (χ1v) is 5.28. The first kappa shape index (κ1) is 10.2. The number of hydrogen-bond acceptors (Lipinski definition) is 5. The zero-order valence-corrected chi connectivity index (χ0v) is 8.65. The number of nitrogen functional groups attached to an aromatic ring is 1. The van der Waals surface area contributed by atoms with Crippen LogP contribution in [0.2, 0.25) is 0 Å². The quantitative estimate of drug-likeness (QED) is 0.760. The van der Waals surface area contributed by atoms with Gasteiger partial charge < -0.3 is 15.8 Å². The highest BCUT2D eigenvalue weighted by molar-refractivity contribution is 5.21. The number of ether oxygens (including phenoxy) is 1. The molecule has 1 aliphatic rings. The van der Waals surface area contributed by atoms with Crippen LogP contribution >= 0.6 is 0 Å². The summed E-state index contributed by atoms with van der Waals surface area (Å²) in [5.74, 6) is 0.953. The Balaban J connectivity index is 1.79. The van der Waals surface area contributed by atoms with Gasteiger partial charge in [0.25, 0.3) is 0 Å². The molecule has 5 nitrogen and oxygen atoms in total. The van der Waals surface area contributed by atoms with E-state index in [1.165, 1.54) is 19.3 Å². The van der Waals surface area contributed by atoms with Gasteiger partial charge in [0.15, 0.2) is 5.75 Å². The lowest BCUT2D eigenvalue weighted by atomic mass is 10.1. The van der Waals surface area contributed by atoms with Gasteiger partial charge in [-0.25, -0.2) is 9.97 Å². The van der Waals surface area contributed by atoms with Gasteiger partial charge >= 0.3 is 0 Å². The Labute approximate surface area is 89.1 Å². The molecule has 0 bridgehead atoms. The summed E-state index contributed by atoms with van der Waals surface area (Å²) < 4.78 is 5.56. The van der Waals surface area contributed by atoms with E-state index in [1.54, 1.807) is 12.4 Å². The molecule has 15 heavy (non-hydrogen) atoms. The summed E-state index contributed by atoms with van der Waals surface area (Å²) >= 11 is 0. The molecular formula is C10H16N4O. The maximum atomic E-state index is 5.56. The third-order valence-electron chi connectivity index (χ3n) is 2.51. The molecule has 1 aromatic heterocycles. The van der Waals surface area contributed by atoms with E-state index in [0.717, 1.165) is 6.54 Å². The molecule has 0 radical (unpaired) electrons. The topological polar surface area (TPSA) is 73.1 Å². The molecule has 1 aromatic rings. The standard InChI is InChI=1S/C10H16N4O/c11-10-13-5-9(6-14-10)15-7-8-3-1-2-4-12-8/h5-6,8,12H,1-4,7H2,(H2,11,13,14). The van der Waals surface area contributed by atoms with E-state index in [1.807, 2.05) is 0 Å². The summed E-state index contributed by atoms with van der Waals surface area (Å²) in [5.41, 5.74) is 5.38. The van der Waals surface area contributed by atoms with E-state index < -0.39 is 0 Å². The lowest BCUT2D eigenvalue weighted by Crippen LogP contribution is -2.38. The van der Waals surface area contributed by atoms with Crippen molar-refractivity contribution < 1.29 is 4.74 Å². The summed E-state index contributed by atoms with van der Waals surface area (Å²) in [6.07, 6.45) is 6.92. The van der Waals surface area contributed by atoms with Crippen molar-refractivity contribution in [3.8, 4) is 5.75 Å². The van der Waals surface area contributed by atoms with Crippen LogP contribution < -0.4 is 15.8 Å². The molecule has 1 saturated heterocycles. The van der Waals surface area contributed by atoms with Gasteiger partial charge in [-0.15, -0.1) is 0 Å². The van der Waals surface area contributed by atoms with E-state index in [-0.39, 0.29) is 5.95 Å². The largest absolute Gasteiger partial charge is 0.489 e. The maximum Gasteiger partial charge on any atom is 0.220 e. The van der Waals surface area contributed by atoms with Crippen LogP contribution in [-0.2, 0) is 0 Å². The molecule has 1 fully saturated rings. The number of anilines is 1. The number of piperidine rings is 1. The fraction of sp³-hybridized carbons (Fsp3) is 0.600. The minimum Gasteiger partial charge on any atom is -0.489 e. The fourth-order valence-corrected chi connectivity index (χ4v) is 1.66. The molecule has 1 unspecified atom stereocenters. The fourth-order valence-electron chi connectivity index (χ4n) is 1.66. The smallest absolute Gasteiger partial charge is 0.220 e. The zero-order chi connectivity index (χ0) is 10.5. The summed E-state index contributed by atoms with van der Waals surface area (Å²) in [5, 5.41) is 3.41. The first-order valence-electron chi connectivity index (χ1n) is 5.28. The van der Waals surface area contributed by atoms with Crippen molar-refractivity contribution in [2.24, 2.45) is 0 Å². The van der Waals surface area contributed by atoms with Gasteiger partial charge in [-0.3, -0.25) is 0 Å². The molecule has 1 aliphatic heterocycles. The Hall–Kier alpha value is -1.36. The van der Waals surface area contributed by atoms with Crippen molar-refractivity contribution in [2.75, 3.05) is 18.9 Å². The highest BCUT2D eigenvalue weighted by Crippen LogP contribution is 2.11. The number of nitrogens with two attached hydrogens (primary N) is 1. The van der Waals surface area contributed by atoms with Crippen LogP contribution in [0.25, 0.3) is 0 Å². The number of nitrogens with zero attached hydrogens (tertiary/aromatic N) is 2. The summed E-state index contributed by atoms with van der Waals surface area (Å²) in [7, 11) is 0. The molecule has 0 aromatic carbocycles. The molecular weight excluding hydrogens is 192 g/mol. The maximum absolute atomic E-state index is 5.56. The molecule has 5 heteroatoms. The van der Waals surface area contributed by atoms with E-state index in [9.17, 15) is 0 Å². The molecule has 1 atom stereocenters. The van der Waals surface area contributed by atoms with Crippen LogP contribution in [0.5, 0.6) is 5.75 Å². The predicted octanol–water partition coefficient (Wildman–Crippen LogP) is 0.580. The van der Waals surface area contributed by atoms with Crippen LogP contribution in [-0.4, -0.2) is 29.2 Å². The summed E-state index contributed by atoms with van der Waals surface area (Å²) in [6.45, 7) is 1.76. The van der Waals surface area contributed by atoms with Gasteiger partial charge in [0, 0.05) is 6.04 Å². The summed E-state index contributed by atoms with van der Waals surface area (Å²) in [4.78, 5) is 7.73. The first-order chi connectivity index (χ1) is 7.34. The second kappa shape index (κ2) is 4.93. The van der Waals surface area contributed by atoms with Crippen LogP contribution in [0.4, 0.5) is 5.95 Å². The Bertz CT molecular complexity index is 295. The molecule has 0 aliphatic carbocycles.